The molecule has 1 rings (SSSR count). The average Bonchev–Trinajstić information content (AvgIpc) is 2.32. The molecule has 0 saturated carbocycles. The minimum Gasteiger partial charge on any atom is -0.385 e. The zero-order valence-electron chi connectivity index (χ0n) is 10.8. The van der Waals surface area contributed by atoms with Gasteiger partial charge in [-0.15, -0.1) is 0 Å². The first-order valence-corrected chi connectivity index (χ1v) is 6.46. The number of unbranched alkanes of at least 4 members (excludes halogenated alkanes) is 1. The summed E-state index contributed by atoms with van der Waals surface area (Å²) in [6.45, 7) is 3.91. The second-order valence-corrected chi connectivity index (χ2v) is 4.66. The van der Waals surface area contributed by atoms with Crippen LogP contribution in [0, 0.1) is 0 Å². The number of amides is 1. The molecule has 0 aromatic carbocycles. The lowest BCUT2D eigenvalue weighted by Crippen LogP contribution is -2.44. The summed E-state index contributed by atoms with van der Waals surface area (Å²) in [5, 5.41) is 2.93. The average molecular weight is 243 g/mol. The fourth-order valence-corrected chi connectivity index (χ4v) is 1.97. The van der Waals surface area contributed by atoms with Gasteiger partial charge < -0.3 is 15.8 Å². The minimum atomic E-state index is 0.123. The van der Waals surface area contributed by atoms with Gasteiger partial charge in [0.2, 0.25) is 5.91 Å². The zero-order valence-corrected chi connectivity index (χ0v) is 10.8. The van der Waals surface area contributed by atoms with Gasteiger partial charge >= 0.3 is 0 Å². The predicted molar refractivity (Wildman–Crippen MR) is 67.8 cm³/mol. The predicted octanol–water partition coefficient (Wildman–Crippen LogP) is -0.0477. The Morgan fingerprint density at radius 3 is 2.76 bits per heavy atom. The van der Waals surface area contributed by atoms with Crippen molar-refractivity contribution < 1.29 is 9.53 Å². The van der Waals surface area contributed by atoms with Crippen LogP contribution in [0.1, 0.15) is 25.7 Å². The molecular weight excluding hydrogens is 218 g/mol. The van der Waals surface area contributed by atoms with Crippen LogP contribution in [-0.4, -0.2) is 56.7 Å². The highest BCUT2D eigenvalue weighted by atomic mass is 16.5. The number of rotatable bonds is 7. The van der Waals surface area contributed by atoms with Crippen LogP contribution in [0.4, 0.5) is 0 Å². The summed E-state index contributed by atoms with van der Waals surface area (Å²) in [5.74, 6) is 0.123. The number of carbonyl (C=O) groups excluding carboxylic acids is 1. The van der Waals surface area contributed by atoms with Crippen LogP contribution in [0.5, 0.6) is 0 Å². The third-order valence-corrected chi connectivity index (χ3v) is 3.10. The van der Waals surface area contributed by atoms with Gasteiger partial charge in [0.05, 0.1) is 6.54 Å². The van der Waals surface area contributed by atoms with Crippen molar-refractivity contribution in [2.45, 2.75) is 31.7 Å². The van der Waals surface area contributed by atoms with E-state index in [0.717, 1.165) is 51.9 Å². The first-order chi connectivity index (χ1) is 8.22. The molecule has 5 nitrogen and oxygen atoms in total. The van der Waals surface area contributed by atoms with Gasteiger partial charge in [-0.05, 0) is 25.7 Å². The number of nitrogens with one attached hydrogen (secondary N) is 1. The monoisotopic (exact) mass is 243 g/mol. The van der Waals surface area contributed by atoms with Gasteiger partial charge in [0.1, 0.15) is 0 Å². The van der Waals surface area contributed by atoms with E-state index >= 15 is 0 Å². The summed E-state index contributed by atoms with van der Waals surface area (Å²) in [6, 6.07) is 0.323. The molecule has 1 aliphatic rings. The minimum absolute atomic E-state index is 0.123. The summed E-state index contributed by atoms with van der Waals surface area (Å²) in [7, 11) is 1.69. The highest BCUT2D eigenvalue weighted by Gasteiger charge is 2.17. The molecule has 0 atom stereocenters. The van der Waals surface area contributed by atoms with Crippen molar-refractivity contribution in [3.63, 3.8) is 0 Å². The van der Waals surface area contributed by atoms with Gasteiger partial charge in [-0.3, -0.25) is 9.69 Å². The maximum atomic E-state index is 11.6. The van der Waals surface area contributed by atoms with Crippen molar-refractivity contribution in [2.24, 2.45) is 5.73 Å². The largest absolute Gasteiger partial charge is 0.385 e. The van der Waals surface area contributed by atoms with E-state index in [-0.39, 0.29) is 5.91 Å². The Morgan fingerprint density at radius 2 is 2.12 bits per heavy atom. The molecule has 100 valence electrons. The molecule has 1 amide bonds. The lowest BCUT2D eigenvalue weighted by Gasteiger charge is -2.29. The van der Waals surface area contributed by atoms with Gasteiger partial charge in [-0.25, -0.2) is 0 Å². The first-order valence-electron chi connectivity index (χ1n) is 6.46. The molecule has 0 radical (unpaired) electrons. The zero-order chi connectivity index (χ0) is 12.5. The molecule has 0 unspecified atom stereocenters. The molecule has 1 fully saturated rings. The van der Waals surface area contributed by atoms with E-state index in [9.17, 15) is 4.79 Å². The third kappa shape index (κ3) is 6.61. The molecule has 1 heterocycles. The number of nitrogens with zero attached hydrogens (tertiary/aromatic N) is 1. The van der Waals surface area contributed by atoms with E-state index < -0.39 is 0 Å². The van der Waals surface area contributed by atoms with Crippen molar-refractivity contribution in [3.8, 4) is 0 Å². The van der Waals surface area contributed by atoms with Crippen LogP contribution >= 0.6 is 0 Å². The molecule has 1 saturated heterocycles. The Labute approximate surface area is 104 Å². The van der Waals surface area contributed by atoms with E-state index in [1.807, 2.05) is 0 Å². The number of methoxy groups -OCH3 is 1. The second-order valence-electron chi connectivity index (χ2n) is 4.66. The van der Waals surface area contributed by atoms with Crippen molar-refractivity contribution in [1.29, 1.82) is 0 Å². The van der Waals surface area contributed by atoms with Crippen LogP contribution in [0.2, 0.25) is 0 Å². The quantitative estimate of drug-likeness (QED) is 0.615. The van der Waals surface area contributed by atoms with Gasteiger partial charge in [0, 0.05) is 39.4 Å². The SMILES string of the molecule is COCCCCNC(=O)CN1CCC(N)CC1. The van der Waals surface area contributed by atoms with Crippen molar-refractivity contribution in [2.75, 3.05) is 39.9 Å². The molecule has 0 aromatic heterocycles. The molecule has 0 aromatic rings. The number of hydrogen-bond acceptors (Lipinski definition) is 4. The van der Waals surface area contributed by atoms with Crippen LogP contribution in [0.15, 0.2) is 0 Å². The fourth-order valence-electron chi connectivity index (χ4n) is 1.97. The second kappa shape index (κ2) is 8.44. The molecule has 17 heavy (non-hydrogen) atoms. The van der Waals surface area contributed by atoms with E-state index in [1.54, 1.807) is 7.11 Å². The van der Waals surface area contributed by atoms with Crippen molar-refractivity contribution in [3.05, 3.63) is 0 Å². The number of nitrogens with two attached hydrogens (primary N) is 1. The van der Waals surface area contributed by atoms with E-state index in [1.165, 1.54) is 0 Å². The Morgan fingerprint density at radius 1 is 1.41 bits per heavy atom. The molecule has 0 spiro atoms. The van der Waals surface area contributed by atoms with Gasteiger partial charge in [0.25, 0.3) is 0 Å². The van der Waals surface area contributed by atoms with E-state index in [0.29, 0.717) is 12.6 Å². The van der Waals surface area contributed by atoms with Crippen LogP contribution in [0.25, 0.3) is 0 Å². The van der Waals surface area contributed by atoms with Gasteiger partial charge in [-0.1, -0.05) is 0 Å². The number of carbonyl (C=O) groups is 1. The Kier molecular flexibility index (Phi) is 7.16. The van der Waals surface area contributed by atoms with Crippen molar-refractivity contribution >= 4 is 5.91 Å². The smallest absolute Gasteiger partial charge is 0.234 e. The fraction of sp³-hybridized carbons (Fsp3) is 0.917. The molecule has 5 heteroatoms. The molecule has 0 bridgehead atoms. The summed E-state index contributed by atoms with van der Waals surface area (Å²) >= 11 is 0. The van der Waals surface area contributed by atoms with Crippen LogP contribution in [-0.2, 0) is 9.53 Å². The lowest BCUT2D eigenvalue weighted by molar-refractivity contribution is -0.122. The number of piperidine rings is 1. The van der Waals surface area contributed by atoms with Crippen LogP contribution < -0.4 is 11.1 Å². The Bertz CT molecular complexity index is 216. The number of likely N-dealkylation sites (tertiary alicyclic amines) is 1. The standard InChI is InChI=1S/C12H25N3O2/c1-17-9-3-2-6-14-12(16)10-15-7-4-11(13)5-8-15/h11H,2-10,13H2,1H3,(H,14,16). The number of ether oxygens (including phenoxy) is 1. The maximum Gasteiger partial charge on any atom is 0.234 e. The molecule has 0 aliphatic carbocycles. The molecule has 3 N–H and O–H groups in total. The van der Waals surface area contributed by atoms with Gasteiger partial charge in [-0.2, -0.15) is 0 Å². The summed E-state index contributed by atoms with van der Waals surface area (Å²) in [5.41, 5.74) is 5.82. The topological polar surface area (TPSA) is 67.6 Å². The highest BCUT2D eigenvalue weighted by Crippen LogP contribution is 2.07. The Balaban J connectivity index is 2.00. The summed E-state index contributed by atoms with van der Waals surface area (Å²) in [4.78, 5) is 13.8. The van der Waals surface area contributed by atoms with E-state index in [2.05, 4.69) is 10.2 Å². The van der Waals surface area contributed by atoms with Gasteiger partial charge in [0.15, 0.2) is 0 Å². The first kappa shape index (κ1) is 14.4. The molecule has 1 aliphatic heterocycles. The third-order valence-electron chi connectivity index (χ3n) is 3.10. The van der Waals surface area contributed by atoms with Crippen molar-refractivity contribution in [1.82, 2.24) is 10.2 Å². The van der Waals surface area contributed by atoms with E-state index in [4.69, 9.17) is 10.5 Å². The summed E-state index contributed by atoms with van der Waals surface area (Å²) < 4.78 is 4.95. The maximum absolute atomic E-state index is 11.6. The highest BCUT2D eigenvalue weighted by molar-refractivity contribution is 5.77. The molecular formula is C12H25N3O2. The normalized spacial score (nSPS) is 18.2. The lowest BCUT2D eigenvalue weighted by atomic mass is 10.1. The Hall–Kier alpha value is -0.650. The van der Waals surface area contributed by atoms with Crippen LogP contribution in [0.3, 0.4) is 0 Å². The number of hydrogen-bond donors (Lipinski definition) is 2. The summed E-state index contributed by atoms with van der Waals surface area (Å²) in [6.07, 6.45) is 3.97.